The van der Waals surface area contributed by atoms with Crippen LogP contribution < -0.4 is 20.7 Å². The normalized spacial score (nSPS) is 11.9. The van der Waals surface area contributed by atoms with Gasteiger partial charge in [0.2, 0.25) is 0 Å². The van der Waals surface area contributed by atoms with E-state index in [0.29, 0.717) is 18.1 Å². The third-order valence-electron chi connectivity index (χ3n) is 6.78. The summed E-state index contributed by atoms with van der Waals surface area (Å²) >= 11 is 6.29. The number of pyridine rings is 1. The SMILES string of the molecule is COc1ccc2nc3cc(Cl)ccc3c(NCCCN(CCCCNC(=O)OC(C)(C)C)CCCNC(=O)OC(C)(C)C)c2c1. The summed E-state index contributed by atoms with van der Waals surface area (Å²) in [7, 11) is 1.66. The lowest BCUT2D eigenvalue weighted by atomic mass is 10.1. The van der Waals surface area contributed by atoms with Gasteiger partial charge in [-0.1, -0.05) is 11.6 Å². The lowest BCUT2D eigenvalue weighted by Crippen LogP contribution is -2.35. The highest BCUT2D eigenvalue weighted by molar-refractivity contribution is 6.31. The fraction of sp³-hybridized carbons (Fsp3) is 0.559. The molecule has 0 aliphatic carbocycles. The molecule has 2 aromatic carbocycles. The van der Waals surface area contributed by atoms with Gasteiger partial charge in [-0.05, 0) is 123 Å². The molecule has 3 aromatic rings. The van der Waals surface area contributed by atoms with Crippen LogP contribution in [0.3, 0.4) is 0 Å². The van der Waals surface area contributed by atoms with E-state index in [1.54, 1.807) is 7.11 Å². The van der Waals surface area contributed by atoms with Crippen molar-refractivity contribution < 1.29 is 23.8 Å². The molecule has 2 amide bonds. The van der Waals surface area contributed by atoms with E-state index in [0.717, 1.165) is 85.1 Å². The van der Waals surface area contributed by atoms with Gasteiger partial charge in [-0.15, -0.1) is 0 Å². The molecule has 0 unspecified atom stereocenters. The number of rotatable bonds is 15. The second kappa shape index (κ2) is 16.7. The minimum absolute atomic E-state index is 0.394. The zero-order valence-corrected chi connectivity index (χ0v) is 28.6. The van der Waals surface area contributed by atoms with Crippen molar-refractivity contribution in [1.82, 2.24) is 20.5 Å². The fourth-order valence-electron chi connectivity index (χ4n) is 4.84. The minimum Gasteiger partial charge on any atom is -0.497 e. The number of anilines is 1. The van der Waals surface area contributed by atoms with Crippen LogP contribution in [-0.2, 0) is 9.47 Å². The molecule has 0 saturated carbocycles. The van der Waals surface area contributed by atoms with Gasteiger partial charge in [0.15, 0.2) is 0 Å². The van der Waals surface area contributed by atoms with Gasteiger partial charge in [0, 0.05) is 35.4 Å². The number of unbranched alkanes of at least 4 members (excludes halogenated alkanes) is 1. The molecule has 0 radical (unpaired) electrons. The van der Waals surface area contributed by atoms with Crippen molar-refractivity contribution >= 4 is 51.3 Å². The van der Waals surface area contributed by atoms with Gasteiger partial charge in [-0.25, -0.2) is 14.6 Å². The average Bonchev–Trinajstić information content (AvgIpc) is 2.94. The number of carbonyl (C=O) groups excluding carboxylic acids is 2. The van der Waals surface area contributed by atoms with Crippen LogP contribution in [0.15, 0.2) is 36.4 Å². The number of hydrogen-bond acceptors (Lipinski definition) is 8. The highest BCUT2D eigenvalue weighted by Crippen LogP contribution is 2.34. The first-order valence-corrected chi connectivity index (χ1v) is 16.1. The predicted molar refractivity (Wildman–Crippen MR) is 183 cm³/mol. The van der Waals surface area contributed by atoms with E-state index >= 15 is 0 Å². The Balaban J connectivity index is 1.59. The minimum atomic E-state index is -0.528. The lowest BCUT2D eigenvalue weighted by molar-refractivity contribution is 0.0513. The quantitative estimate of drug-likeness (QED) is 0.116. The molecule has 3 N–H and O–H groups in total. The third-order valence-corrected chi connectivity index (χ3v) is 7.02. The van der Waals surface area contributed by atoms with Crippen molar-refractivity contribution in [3.63, 3.8) is 0 Å². The molecule has 3 rings (SSSR count). The maximum absolute atomic E-state index is 12.1. The van der Waals surface area contributed by atoms with Crippen LogP contribution in [0.1, 0.15) is 67.2 Å². The van der Waals surface area contributed by atoms with Crippen LogP contribution in [0, 0.1) is 0 Å². The van der Waals surface area contributed by atoms with Crippen molar-refractivity contribution in [3.05, 3.63) is 41.4 Å². The van der Waals surface area contributed by atoms with Crippen molar-refractivity contribution in [2.24, 2.45) is 0 Å². The Morgan fingerprint density at radius 2 is 1.36 bits per heavy atom. The van der Waals surface area contributed by atoms with Gasteiger partial charge in [0.05, 0.1) is 23.8 Å². The summed E-state index contributed by atoms with van der Waals surface area (Å²) in [5.41, 5.74) is 1.66. The van der Waals surface area contributed by atoms with E-state index in [9.17, 15) is 9.59 Å². The lowest BCUT2D eigenvalue weighted by Gasteiger charge is -2.24. The van der Waals surface area contributed by atoms with Crippen LogP contribution in [0.25, 0.3) is 21.8 Å². The summed E-state index contributed by atoms with van der Waals surface area (Å²) in [6, 6.07) is 11.7. The second-order valence-corrected chi connectivity index (χ2v) is 13.5. The molecule has 0 spiro atoms. The molecule has 248 valence electrons. The number of ether oxygens (including phenoxy) is 3. The predicted octanol–water partition coefficient (Wildman–Crippen LogP) is 7.37. The molecular weight excluding hydrogens is 594 g/mol. The first-order valence-electron chi connectivity index (χ1n) is 15.7. The average molecular weight is 644 g/mol. The van der Waals surface area contributed by atoms with E-state index < -0.39 is 23.4 Å². The Morgan fingerprint density at radius 1 is 0.756 bits per heavy atom. The first kappa shape index (κ1) is 36.0. The molecule has 0 aliphatic rings. The monoisotopic (exact) mass is 643 g/mol. The van der Waals surface area contributed by atoms with Gasteiger partial charge >= 0.3 is 12.2 Å². The number of hydrogen-bond donors (Lipinski definition) is 3. The molecular formula is C34H50ClN5O5. The summed E-state index contributed by atoms with van der Waals surface area (Å²) in [6.45, 7) is 15.5. The van der Waals surface area contributed by atoms with Gasteiger partial charge in [-0.2, -0.15) is 0 Å². The van der Waals surface area contributed by atoms with Crippen molar-refractivity contribution in [2.75, 3.05) is 51.7 Å². The van der Waals surface area contributed by atoms with Crippen LogP contribution >= 0.6 is 11.6 Å². The molecule has 45 heavy (non-hydrogen) atoms. The fourth-order valence-corrected chi connectivity index (χ4v) is 5.00. The van der Waals surface area contributed by atoms with Crippen LogP contribution in [0.4, 0.5) is 15.3 Å². The Labute approximate surface area is 272 Å². The van der Waals surface area contributed by atoms with Gasteiger partial charge < -0.3 is 35.1 Å². The number of nitrogens with one attached hydrogen (secondary N) is 3. The summed E-state index contributed by atoms with van der Waals surface area (Å²) < 4.78 is 16.2. The highest BCUT2D eigenvalue weighted by Gasteiger charge is 2.17. The molecule has 0 saturated heterocycles. The van der Waals surface area contributed by atoms with E-state index in [-0.39, 0.29) is 0 Å². The molecule has 10 nitrogen and oxygen atoms in total. The summed E-state index contributed by atoms with van der Waals surface area (Å²) in [6.07, 6.45) is 2.66. The van der Waals surface area contributed by atoms with Crippen molar-refractivity contribution in [1.29, 1.82) is 0 Å². The van der Waals surface area contributed by atoms with Crippen molar-refractivity contribution in [3.8, 4) is 5.75 Å². The van der Waals surface area contributed by atoms with E-state index in [4.69, 9.17) is 30.8 Å². The number of nitrogens with zero attached hydrogens (tertiary/aromatic N) is 2. The van der Waals surface area contributed by atoms with Gasteiger partial charge in [0.25, 0.3) is 0 Å². The highest BCUT2D eigenvalue weighted by atomic mass is 35.5. The Kier molecular flexibility index (Phi) is 13.4. The maximum atomic E-state index is 12.1. The summed E-state index contributed by atoms with van der Waals surface area (Å²) in [5, 5.41) is 12.0. The van der Waals surface area contributed by atoms with E-state index in [2.05, 4.69) is 20.9 Å². The standard InChI is InChI=1S/C34H50ClN5O5/c1-33(2,3)44-31(41)37-16-8-9-19-40(21-11-18-38-32(42)45-34(4,5)6)20-10-17-36-30-26-14-12-24(35)22-29(26)39-28-15-13-25(43-7)23-27(28)30/h12-15,22-23H,8-11,16-21H2,1-7H3,(H,36,39)(H,37,41)(H,38,42). The zero-order chi connectivity index (χ0) is 33.0. The number of fused-ring (bicyclic) bond motifs is 2. The molecule has 0 atom stereocenters. The summed E-state index contributed by atoms with van der Waals surface area (Å²) in [5.74, 6) is 0.771. The number of methoxy groups -OCH3 is 1. The Hall–Kier alpha value is -3.50. The molecule has 11 heteroatoms. The molecule has 1 aromatic heterocycles. The number of amides is 2. The first-order chi connectivity index (χ1) is 21.2. The zero-order valence-electron chi connectivity index (χ0n) is 27.8. The van der Waals surface area contributed by atoms with E-state index in [1.165, 1.54) is 0 Å². The third kappa shape index (κ3) is 12.8. The van der Waals surface area contributed by atoms with Crippen LogP contribution in [0.5, 0.6) is 5.75 Å². The topological polar surface area (TPSA) is 114 Å². The number of benzene rings is 2. The largest absolute Gasteiger partial charge is 0.497 e. The van der Waals surface area contributed by atoms with Crippen molar-refractivity contribution in [2.45, 2.75) is 78.4 Å². The Morgan fingerprint density at radius 3 is 1.98 bits per heavy atom. The molecule has 0 aliphatic heterocycles. The number of carbonyl (C=O) groups is 2. The number of alkyl carbamates (subject to hydrolysis) is 2. The molecule has 0 bridgehead atoms. The van der Waals surface area contributed by atoms with Gasteiger partial charge in [-0.3, -0.25) is 0 Å². The number of halogens is 1. The van der Waals surface area contributed by atoms with Crippen LogP contribution in [-0.4, -0.2) is 79.7 Å². The Bertz CT molecular complexity index is 1420. The van der Waals surface area contributed by atoms with Gasteiger partial charge in [0.1, 0.15) is 17.0 Å². The maximum Gasteiger partial charge on any atom is 0.407 e. The van der Waals surface area contributed by atoms with Crippen LogP contribution in [0.2, 0.25) is 5.02 Å². The second-order valence-electron chi connectivity index (χ2n) is 13.1. The van der Waals surface area contributed by atoms with E-state index in [1.807, 2.05) is 77.9 Å². The summed E-state index contributed by atoms with van der Waals surface area (Å²) in [4.78, 5) is 31.2. The smallest absolute Gasteiger partial charge is 0.407 e. The molecule has 1 heterocycles. The number of aromatic nitrogens is 1. The molecule has 0 fully saturated rings.